The highest BCUT2D eigenvalue weighted by molar-refractivity contribution is 6.06. The van der Waals surface area contributed by atoms with Crippen LogP contribution in [0.4, 0.5) is 4.79 Å². The molecule has 1 saturated carbocycles. The van der Waals surface area contributed by atoms with Crippen LogP contribution in [0.1, 0.15) is 50.0 Å². The number of benzene rings is 1. The number of amides is 2. The third-order valence-electron chi connectivity index (χ3n) is 8.04. The molecule has 3 saturated heterocycles. The zero-order valence-electron chi connectivity index (χ0n) is 19.7. The van der Waals surface area contributed by atoms with Gasteiger partial charge in [-0.3, -0.25) is 9.89 Å². The van der Waals surface area contributed by atoms with Gasteiger partial charge in [0.05, 0.1) is 30.2 Å². The zero-order chi connectivity index (χ0) is 22.8. The van der Waals surface area contributed by atoms with Crippen molar-refractivity contribution in [2.45, 2.75) is 62.1 Å². The van der Waals surface area contributed by atoms with Crippen LogP contribution >= 0.6 is 0 Å². The summed E-state index contributed by atoms with van der Waals surface area (Å²) in [6.45, 7) is 4.77. The minimum absolute atomic E-state index is 0.125. The van der Waals surface area contributed by atoms with Crippen molar-refractivity contribution in [3.8, 4) is 6.07 Å². The molecule has 7 heteroatoms. The maximum Gasteiger partial charge on any atom is 0.320 e. The van der Waals surface area contributed by atoms with E-state index in [9.17, 15) is 10.1 Å². The molecular formula is C26H35N5O2. The Balaban J connectivity index is 1.12. The first kappa shape index (κ1) is 22.4. The van der Waals surface area contributed by atoms with Gasteiger partial charge in [0.2, 0.25) is 0 Å². The van der Waals surface area contributed by atoms with Gasteiger partial charge in [-0.05, 0) is 37.7 Å². The summed E-state index contributed by atoms with van der Waals surface area (Å²) in [4.78, 5) is 24.4. The molecule has 7 nitrogen and oxygen atoms in total. The quantitative estimate of drug-likeness (QED) is 0.692. The number of rotatable bonds is 5. The van der Waals surface area contributed by atoms with Crippen LogP contribution in [0.25, 0.3) is 0 Å². The zero-order valence-corrected chi connectivity index (χ0v) is 19.7. The molecule has 4 aliphatic rings. The van der Waals surface area contributed by atoms with Gasteiger partial charge in [-0.1, -0.05) is 30.3 Å². The van der Waals surface area contributed by atoms with Gasteiger partial charge in [0, 0.05) is 58.0 Å². The number of urea groups is 1. The number of nitriles is 1. The molecule has 3 heterocycles. The number of hydrogen-bond donors (Lipinski definition) is 0. The first-order valence-electron chi connectivity index (χ1n) is 12.4. The number of likely N-dealkylation sites (tertiary alicyclic amines) is 3. The van der Waals surface area contributed by atoms with E-state index in [1.165, 1.54) is 11.3 Å². The Hall–Kier alpha value is -2.43. The van der Waals surface area contributed by atoms with Gasteiger partial charge >= 0.3 is 6.03 Å². The van der Waals surface area contributed by atoms with Crippen molar-refractivity contribution < 1.29 is 9.53 Å². The van der Waals surface area contributed by atoms with Crippen molar-refractivity contribution in [1.82, 2.24) is 14.7 Å². The number of carbonyl (C=O) groups excluding carboxylic acids is 1. The van der Waals surface area contributed by atoms with E-state index in [1.54, 1.807) is 7.11 Å². The van der Waals surface area contributed by atoms with Crippen LogP contribution in [0.3, 0.4) is 0 Å². The van der Waals surface area contributed by atoms with Crippen LogP contribution < -0.4 is 0 Å². The van der Waals surface area contributed by atoms with Crippen molar-refractivity contribution in [3.05, 3.63) is 35.9 Å². The molecule has 0 N–H and O–H groups in total. The second-order valence-corrected chi connectivity index (χ2v) is 10.1. The molecule has 1 unspecified atom stereocenters. The lowest BCUT2D eigenvalue weighted by Gasteiger charge is -2.57. The van der Waals surface area contributed by atoms with Crippen molar-refractivity contribution in [3.63, 3.8) is 0 Å². The Morgan fingerprint density at radius 1 is 1.09 bits per heavy atom. The molecule has 0 radical (unpaired) electrons. The highest BCUT2D eigenvalue weighted by Gasteiger charge is 2.51. The van der Waals surface area contributed by atoms with E-state index in [0.29, 0.717) is 31.5 Å². The standard InChI is InChI=1S/C26H35N5O2/c1-33-22-9-13-29(14-10-22)25(32)30-18-26(19-30,11-12-27)31-15-7-21(8-16-31)28-24-17-23(24)20-5-3-2-4-6-20/h2-6,21-23H,7-11,13-19H2,1H3. The van der Waals surface area contributed by atoms with E-state index in [1.807, 2.05) is 9.80 Å². The number of carbonyl (C=O) groups is 1. The summed E-state index contributed by atoms with van der Waals surface area (Å²) in [7, 11) is 1.75. The Bertz CT molecular complexity index is 904. The molecule has 0 aromatic heterocycles. The molecule has 3 aliphatic heterocycles. The summed E-state index contributed by atoms with van der Waals surface area (Å²) < 4.78 is 5.43. The molecule has 33 heavy (non-hydrogen) atoms. The summed E-state index contributed by atoms with van der Waals surface area (Å²) in [6.07, 6.45) is 5.74. The molecule has 1 atom stereocenters. The van der Waals surface area contributed by atoms with E-state index < -0.39 is 0 Å². The van der Waals surface area contributed by atoms with Crippen LogP contribution in [0.5, 0.6) is 0 Å². The number of hydrogen-bond acceptors (Lipinski definition) is 5. The van der Waals surface area contributed by atoms with E-state index in [-0.39, 0.29) is 17.7 Å². The number of aliphatic imine (C=N–C) groups is 1. The Morgan fingerprint density at radius 2 is 1.79 bits per heavy atom. The molecule has 0 bridgehead atoms. The van der Waals surface area contributed by atoms with Gasteiger partial charge in [-0.25, -0.2) is 4.79 Å². The molecule has 1 aromatic carbocycles. The fraction of sp³-hybridized carbons (Fsp3) is 0.654. The SMILES string of the molecule is COC1CCN(C(=O)N2CC(CC#N)(N3CCC(N=C4CC4c4ccccc4)CC3)C2)CC1. The number of ether oxygens (including phenoxy) is 1. The smallest absolute Gasteiger partial charge is 0.320 e. The number of piperidine rings is 2. The van der Waals surface area contributed by atoms with Crippen molar-refractivity contribution in [1.29, 1.82) is 5.26 Å². The van der Waals surface area contributed by atoms with Crippen LogP contribution in [0, 0.1) is 11.3 Å². The molecule has 1 aliphatic carbocycles. The van der Waals surface area contributed by atoms with Gasteiger partial charge in [0.25, 0.3) is 0 Å². The summed E-state index contributed by atoms with van der Waals surface area (Å²) in [5, 5.41) is 9.52. The van der Waals surface area contributed by atoms with Crippen LogP contribution in [0.15, 0.2) is 35.3 Å². The van der Waals surface area contributed by atoms with Crippen LogP contribution in [-0.2, 0) is 4.74 Å². The lowest BCUT2D eigenvalue weighted by Crippen LogP contribution is -2.73. The van der Waals surface area contributed by atoms with Gasteiger partial charge in [-0.2, -0.15) is 5.26 Å². The van der Waals surface area contributed by atoms with Gasteiger partial charge in [-0.15, -0.1) is 0 Å². The van der Waals surface area contributed by atoms with Crippen LogP contribution in [0.2, 0.25) is 0 Å². The predicted molar refractivity (Wildman–Crippen MR) is 127 cm³/mol. The normalized spacial score (nSPS) is 27.3. The topological polar surface area (TPSA) is 72.2 Å². The predicted octanol–water partition coefficient (Wildman–Crippen LogP) is 3.28. The molecule has 176 valence electrons. The molecule has 1 aromatic rings. The van der Waals surface area contributed by atoms with Crippen molar-refractivity contribution in [2.24, 2.45) is 4.99 Å². The fourth-order valence-corrected chi connectivity index (χ4v) is 5.85. The monoisotopic (exact) mass is 449 g/mol. The third-order valence-corrected chi connectivity index (χ3v) is 8.04. The van der Waals surface area contributed by atoms with E-state index in [2.05, 4.69) is 41.3 Å². The average molecular weight is 450 g/mol. The van der Waals surface area contributed by atoms with Crippen molar-refractivity contribution in [2.75, 3.05) is 46.4 Å². The summed E-state index contributed by atoms with van der Waals surface area (Å²) in [5.74, 6) is 0.523. The third kappa shape index (κ3) is 4.64. The summed E-state index contributed by atoms with van der Waals surface area (Å²) >= 11 is 0. The van der Waals surface area contributed by atoms with Crippen LogP contribution in [-0.4, -0.2) is 90.5 Å². The lowest BCUT2D eigenvalue weighted by atomic mass is 9.83. The number of nitrogens with zero attached hydrogens (tertiary/aromatic N) is 5. The summed E-state index contributed by atoms with van der Waals surface area (Å²) in [6, 6.07) is 13.6. The first-order chi connectivity index (χ1) is 16.1. The van der Waals surface area contributed by atoms with Gasteiger partial charge in [0.1, 0.15) is 0 Å². The molecule has 5 rings (SSSR count). The maximum atomic E-state index is 13.0. The maximum absolute atomic E-state index is 13.0. The Labute approximate surface area is 197 Å². The Morgan fingerprint density at radius 3 is 2.42 bits per heavy atom. The second-order valence-electron chi connectivity index (χ2n) is 10.1. The second kappa shape index (κ2) is 9.44. The fourth-order valence-electron chi connectivity index (χ4n) is 5.85. The van der Waals surface area contributed by atoms with Gasteiger partial charge < -0.3 is 14.5 Å². The van der Waals surface area contributed by atoms with Crippen molar-refractivity contribution >= 4 is 11.7 Å². The van der Waals surface area contributed by atoms with E-state index in [4.69, 9.17) is 9.73 Å². The highest BCUT2D eigenvalue weighted by atomic mass is 16.5. The average Bonchev–Trinajstić information content (AvgIpc) is 3.61. The highest BCUT2D eigenvalue weighted by Crippen LogP contribution is 2.39. The molecular weight excluding hydrogens is 414 g/mol. The Kier molecular flexibility index (Phi) is 6.40. The minimum atomic E-state index is -0.181. The summed E-state index contributed by atoms with van der Waals surface area (Å²) in [5.41, 5.74) is 2.55. The molecule has 4 fully saturated rings. The van der Waals surface area contributed by atoms with E-state index >= 15 is 0 Å². The minimum Gasteiger partial charge on any atom is -0.381 e. The number of methoxy groups -OCH3 is 1. The molecule has 2 amide bonds. The van der Waals surface area contributed by atoms with Gasteiger partial charge in [0.15, 0.2) is 0 Å². The lowest BCUT2D eigenvalue weighted by molar-refractivity contribution is -0.0501. The largest absolute Gasteiger partial charge is 0.381 e. The first-order valence-corrected chi connectivity index (χ1v) is 12.4. The molecule has 0 spiro atoms. The van der Waals surface area contributed by atoms with E-state index in [0.717, 1.165) is 58.3 Å².